The SMILES string of the molecule is Nc1ncnc2c1ncn2[C@@H]1O[C@@H]2COP(=O)(O)O[C@H]3[C@@H](F)[C@H](n4cnc5c(N)ncnc54)O[C@@H]3CO[C@@H](S)O[C@H]2[C@H]1F. The number of halogens is 2. The number of ether oxygens (including phenoxy) is 4. The average Bonchev–Trinajstić information content (AvgIpc) is 3.73. The van der Waals surface area contributed by atoms with Crippen LogP contribution < -0.4 is 11.5 Å². The third-order valence-electron chi connectivity index (χ3n) is 7.19. The number of hydrogen-bond donors (Lipinski definition) is 4. The number of nitrogens with two attached hydrogens (primary N) is 2. The van der Waals surface area contributed by atoms with Gasteiger partial charge in [0.2, 0.25) is 5.62 Å². The minimum atomic E-state index is -4.99. The Hall–Kier alpha value is -3.14. The van der Waals surface area contributed by atoms with Crippen molar-refractivity contribution in [2.45, 2.75) is 54.8 Å². The number of nitrogen functional groups attached to an aromatic ring is 2. The minimum Gasteiger partial charge on any atom is -0.382 e. The van der Waals surface area contributed by atoms with Crippen molar-refractivity contribution in [1.29, 1.82) is 0 Å². The van der Waals surface area contributed by atoms with E-state index in [1.165, 1.54) is 34.4 Å². The van der Waals surface area contributed by atoms with Crippen molar-refractivity contribution in [2.75, 3.05) is 24.7 Å². The molecule has 0 radical (unpaired) electrons. The molecular formula is C21H23F2N10O8PS. The predicted octanol–water partition coefficient (Wildman–Crippen LogP) is 0.433. The topological polar surface area (TPSA) is 232 Å². The monoisotopic (exact) mass is 644 g/mol. The molecule has 5 N–H and O–H groups in total. The zero-order chi connectivity index (χ0) is 30.0. The van der Waals surface area contributed by atoms with Crippen molar-refractivity contribution in [1.82, 2.24) is 39.0 Å². The van der Waals surface area contributed by atoms with Crippen LogP contribution >= 0.6 is 20.5 Å². The van der Waals surface area contributed by atoms with Gasteiger partial charge in [-0.15, -0.1) is 12.6 Å². The largest absolute Gasteiger partial charge is 0.472 e. The van der Waals surface area contributed by atoms with Crippen molar-refractivity contribution in [2.24, 2.45) is 0 Å². The highest BCUT2D eigenvalue weighted by molar-refractivity contribution is 7.80. The van der Waals surface area contributed by atoms with E-state index in [2.05, 4.69) is 42.5 Å². The zero-order valence-corrected chi connectivity index (χ0v) is 23.4. The van der Waals surface area contributed by atoms with Crippen molar-refractivity contribution in [3.05, 3.63) is 25.3 Å². The van der Waals surface area contributed by atoms with Crippen LogP contribution in [0.1, 0.15) is 12.5 Å². The first-order valence-electron chi connectivity index (χ1n) is 12.7. The van der Waals surface area contributed by atoms with Crippen LogP contribution in [0.25, 0.3) is 22.3 Å². The molecule has 1 unspecified atom stereocenters. The molecule has 0 amide bonds. The highest BCUT2D eigenvalue weighted by Gasteiger charge is 2.53. The lowest BCUT2D eigenvalue weighted by molar-refractivity contribution is -0.167. The number of alkyl halides is 2. The van der Waals surface area contributed by atoms with Gasteiger partial charge in [0.05, 0.1) is 25.9 Å². The van der Waals surface area contributed by atoms with Gasteiger partial charge in [0.25, 0.3) is 0 Å². The number of fused-ring (bicyclic) bond motifs is 4. The normalized spacial score (nSPS) is 37.2. The van der Waals surface area contributed by atoms with Gasteiger partial charge in [-0.05, 0) is 0 Å². The molecule has 10 atom stereocenters. The van der Waals surface area contributed by atoms with Crippen LogP contribution in [0.5, 0.6) is 0 Å². The van der Waals surface area contributed by atoms with Crippen molar-refractivity contribution in [3.63, 3.8) is 0 Å². The van der Waals surface area contributed by atoms with E-state index in [1.807, 2.05) is 0 Å². The van der Waals surface area contributed by atoms with Crippen molar-refractivity contribution < 1.29 is 46.2 Å². The molecule has 0 aromatic carbocycles. The van der Waals surface area contributed by atoms with E-state index in [0.717, 1.165) is 0 Å². The summed E-state index contributed by atoms with van der Waals surface area (Å²) in [7, 11) is -4.99. The molecule has 7 rings (SSSR count). The Morgan fingerprint density at radius 3 is 1.95 bits per heavy atom. The summed E-state index contributed by atoms with van der Waals surface area (Å²) < 4.78 is 80.6. The number of aromatic nitrogens is 8. The molecule has 0 bridgehead atoms. The molecule has 43 heavy (non-hydrogen) atoms. The third-order valence-corrected chi connectivity index (χ3v) is 8.45. The highest BCUT2D eigenvalue weighted by Crippen LogP contribution is 2.50. The molecule has 3 aliphatic rings. The second-order valence-electron chi connectivity index (χ2n) is 9.76. The second-order valence-corrected chi connectivity index (χ2v) is 11.6. The van der Waals surface area contributed by atoms with E-state index >= 15 is 8.78 Å². The fourth-order valence-electron chi connectivity index (χ4n) is 5.21. The molecule has 0 saturated carbocycles. The van der Waals surface area contributed by atoms with Gasteiger partial charge in [0.1, 0.15) is 48.1 Å². The predicted molar refractivity (Wildman–Crippen MR) is 141 cm³/mol. The zero-order valence-electron chi connectivity index (χ0n) is 21.6. The summed E-state index contributed by atoms with van der Waals surface area (Å²) in [6, 6.07) is 0. The maximum Gasteiger partial charge on any atom is 0.472 e. The van der Waals surface area contributed by atoms with Gasteiger partial charge in [-0.3, -0.25) is 18.2 Å². The lowest BCUT2D eigenvalue weighted by atomic mass is 10.1. The average molecular weight is 645 g/mol. The van der Waals surface area contributed by atoms with Gasteiger partial charge in [-0.1, -0.05) is 0 Å². The van der Waals surface area contributed by atoms with Crippen LogP contribution in [0.3, 0.4) is 0 Å². The number of rotatable bonds is 2. The van der Waals surface area contributed by atoms with Crippen LogP contribution in [0, 0.1) is 0 Å². The van der Waals surface area contributed by atoms with E-state index < -0.39 is 75.9 Å². The Morgan fingerprint density at radius 1 is 0.837 bits per heavy atom. The van der Waals surface area contributed by atoms with Crippen molar-refractivity contribution in [3.8, 4) is 0 Å². The Morgan fingerprint density at radius 2 is 1.37 bits per heavy atom. The molecule has 0 spiro atoms. The lowest BCUT2D eigenvalue weighted by Crippen LogP contribution is -2.40. The number of imidazole rings is 2. The van der Waals surface area contributed by atoms with E-state index in [0.29, 0.717) is 0 Å². The molecule has 4 aromatic rings. The maximum atomic E-state index is 15.9. The van der Waals surface area contributed by atoms with E-state index in [1.54, 1.807) is 0 Å². The first-order chi connectivity index (χ1) is 20.6. The fourth-order valence-corrected chi connectivity index (χ4v) is 6.39. The number of nitrogens with zero attached hydrogens (tertiary/aromatic N) is 8. The molecule has 18 nitrogen and oxygen atoms in total. The molecule has 7 heterocycles. The third kappa shape index (κ3) is 4.99. The summed E-state index contributed by atoms with van der Waals surface area (Å²) in [6.07, 6.45) is -7.47. The van der Waals surface area contributed by atoms with Gasteiger partial charge >= 0.3 is 7.82 Å². The standard InChI is InChI=1S/C21H23F2N10O8PS/c22-9-13-8(39-19(9)32-5-30-11-15(24)26-3-28-17(11)32)2-37-42(34,35)41-14-7(1-36-21(43)40-13)38-20(10(14)23)33-6-31-12-16(25)27-4-29-18(12)33/h3-10,13-14,19-21,43H,1-2H2,(H,34,35)(H2,24,26,28)(H2,25,27,29)/t7-,8-,9-,10-,13-,14-,19-,20-,21-/m1/s1. The van der Waals surface area contributed by atoms with Gasteiger partial charge in [0, 0.05) is 0 Å². The van der Waals surface area contributed by atoms with Gasteiger partial charge in [-0.2, -0.15) is 0 Å². The number of phosphoric acid groups is 1. The maximum absolute atomic E-state index is 15.9. The first kappa shape index (κ1) is 28.6. The lowest BCUT2D eigenvalue weighted by Gasteiger charge is -2.28. The Labute approximate surface area is 244 Å². The summed E-state index contributed by atoms with van der Waals surface area (Å²) in [5.41, 5.74) is 11.0. The summed E-state index contributed by atoms with van der Waals surface area (Å²) in [5, 5.41) is 0. The molecule has 22 heteroatoms. The summed E-state index contributed by atoms with van der Waals surface area (Å²) in [5.74, 6) is 0.136. The van der Waals surface area contributed by atoms with Gasteiger partial charge in [0.15, 0.2) is 47.7 Å². The summed E-state index contributed by atoms with van der Waals surface area (Å²) in [6.45, 7) is -1.14. The number of phosphoric ester groups is 1. The molecule has 4 aromatic heterocycles. The smallest absolute Gasteiger partial charge is 0.382 e. The first-order valence-corrected chi connectivity index (χ1v) is 14.7. The molecule has 230 valence electrons. The van der Waals surface area contributed by atoms with Crippen LogP contribution in [-0.4, -0.2) is 99.5 Å². The van der Waals surface area contributed by atoms with Crippen LogP contribution in [0.4, 0.5) is 20.4 Å². The quantitative estimate of drug-likeness (QED) is 0.171. The van der Waals surface area contributed by atoms with Crippen LogP contribution in [0.2, 0.25) is 0 Å². The van der Waals surface area contributed by atoms with Gasteiger partial charge < -0.3 is 35.3 Å². The number of hydrogen-bond acceptors (Lipinski definition) is 16. The molecule has 0 aliphatic carbocycles. The highest BCUT2D eigenvalue weighted by atomic mass is 32.1. The number of anilines is 2. The van der Waals surface area contributed by atoms with Crippen molar-refractivity contribution >= 4 is 54.4 Å². The van der Waals surface area contributed by atoms with Crippen LogP contribution in [-0.2, 0) is 32.6 Å². The molecule has 3 fully saturated rings. The second kappa shape index (κ2) is 10.8. The summed E-state index contributed by atoms with van der Waals surface area (Å²) >= 11 is 4.25. The Bertz CT molecular complexity index is 1720. The van der Waals surface area contributed by atoms with E-state index in [9.17, 15) is 9.46 Å². The molecule has 3 aliphatic heterocycles. The van der Waals surface area contributed by atoms with E-state index in [-0.39, 0.29) is 34.0 Å². The Balaban J connectivity index is 1.14. The Kier molecular flexibility index (Phi) is 7.18. The molecule has 3 saturated heterocycles. The van der Waals surface area contributed by atoms with E-state index in [4.69, 9.17) is 39.5 Å². The summed E-state index contributed by atoms with van der Waals surface area (Å²) in [4.78, 5) is 34.6. The molecular weight excluding hydrogens is 621 g/mol. The number of thiol groups is 1. The fraction of sp³-hybridized carbons (Fsp3) is 0.524. The van der Waals surface area contributed by atoms with Gasteiger partial charge in [-0.25, -0.2) is 43.2 Å². The minimum absolute atomic E-state index is 0.0614. The van der Waals surface area contributed by atoms with Crippen LogP contribution in [0.15, 0.2) is 25.3 Å².